The molecule has 88 valence electrons. The number of nitrogens with two attached hydrogens (primary N) is 1. The summed E-state index contributed by atoms with van der Waals surface area (Å²) in [5.74, 6) is 0. The van der Waals surface area contributed by atoms with E-state index in [9.17, 15) is 0 Å². The van der Waals surface area contributed by atoms with E-state index in [0.717, 1.165) is 24.3 Å². The summed E-state index contributed by atoms with van der Waals surface area (Å²) in [4.78, 5) is 0. The average molecular weight is 226 g/mol. The van der Waals surface area contributed by atoms with Gasteiger partial charge in [-0.25, -0.2) is 0 Å². The van der Waals surface area contributed by atoms with Gasteiger partial charge in [0.15, 0.2) is 0 Å². The van der Waals surface area contributed by atoms with E-state index in [1.807, 2.05) is 18.2 Å². The molecule has 0 aliphatic heterocycles. The van der Waals surface area contributed by atoms with Crippen molar-refractivity contribution in [2.45, 2.75) is 19.9 Å². The Morgan fingerprint density at radius 2 is 1.76 bits per heavy atom. The number of anilines is 2. The van der Waals surface area contributed by atoms with Crippen molar-refractivity contribution in [1.82, 2.24) is 0 Å². The van der Waals surface area contributed by atoms with Gasteiger partial charge in [-0.2, -0.15) is 0 Å². The Morgan fingerprint density at radius 1 is 1.00 bits per heavy atom. The van der Waals surface area contributed by atoms with E-state index in [-0.39, 0.29) is 0 Å². The Labute approximate surface area is 102 Å². The van der Waals surface area contributed by atoms with Crippen LogP contribution < -0.4 is 11.1 Å². The molecule has 2 rings (SSSR count). The third-order valence-electron chi connectivity index (χ3n) is 2.81. The summed E-state index contributed by atoms with van der Waals surface area (Å²) in [6, 6.07) is 16.5. The first-order chi connectivity index (χ1) is 8.28. The van der Waals surface area contributed by atoms with Crippen molar-refractivity contribution in [1.29, 1.82) is 0 Å². The van der Waals surface area contributed by atoms with Crippen LogP contribution in [0, 0.1) is 0 Å². The molecule has 0 aliphatic carbocycles. The summed E-state index contributed by atoms with van der Waals surface area (Å²) in [7, 11) is 0. The van der Waals surface area contributed by atoms with Crippen molar-refractivity contribution < 1.29 is 0 Å². The van der Waals surface area contributed by atoms with Gasteiger partial charge < -0.3 is 11.1 Å². The molecule has 0 saturated carbocycles. The lowest BCUT2D eigenvalue weighted by atomic mass is 10.1. The van der Waals surface area contributed by atoms with E-state index in [4.69, 9.17) is 5.73 Å². The molecule has 0 fully saturated rings. The zero-order valence-corrected chi connectivity index (χ0v) is 10.1. The van der Waals surface area contributed by atoms with Gasteiger partial charge in [-0.15, -0.1) is 0 Å². The van der Waals surface area contributed by atoms with Gasteiger partial charge in [0.25, 0.3) is 0 Å². The number of nitrogen functional groups attached to an aromatic ring is 1. The Hall–Kier alpha value is -1.96. The molecular weight excluding hydrogens is 208 g/mol. The summed E-state index contributed by atoms with van der Waals surface area (Å²) < 4.78 is 0. The quantitative estimate of drug-likeness (QED) is 0.784. The molecule has 0 atom stereocenters. The molecule has 0 bridgehead atoms. The summed E-state index contributed by atoms with van der Waals surface area (Å²) in [5.41, 5.74) is 10.3. The van der Waals surface area contributed by atoms with Crippen molar-refractivity contribution in [3.63, 3.8) is 0 Å². The van der Waals surface area contributed by atoms with Gasteiger partial charge in [-0.3, -0.25) is 0 Å². The fourth-order valence-corrected chi connectivity index (χ4v) is 1.77. The first-order valence-electron chi connectivity index (χ1n) is 5.95. The largest absolute Gasteiger partial charge is 0.399 e. The van der Waals surface area contributed by atoms with Crippen LogP contribution in [0.15, 0.2) is 48.5 Å². The minimum Gasteiger partial charge on any atom is -0.399 e. The predicted octanol–water partition coefficient (Wildman–Crippen LogP) is 3.44. The first-order valence-corrected chi connectivity index (χ1v) is 5.95. The molecule has 0 amide bonds. The standard InChI is InChI=1S/C15H18N2/c1-2-12-6-8-15(9-7-12)17-11-13-4-3-5-14(16)10-13/h3-10,17H,2,11,16H2,1H3. The molecule has 2 aromatic carbocycles. The molecule has 0 heterocycles. The number of aryl methyl sites for hydroxylation is 1. The van der Waals surface area contributed by atoms with Crippen LogP contribution in [-0.2, 0) is 13.0 Å². The summed E-state index contributed by atoms with van der Waals surface area (Å²) >= 11 is 0. The molecule has 2 heteroatoms. The first kappa shape index (κ1) is 11.5. The lowest BCUT2D eigenvalue weighted by Crippen LogP contribution is -2.00. The van der Waals surface area contributed by atoms with Gasteiger partial charge >= 0.3 is 0 Å². The van der Waals surface area contributed by atoms with E-state index >= 15 is 0 Å². The Bertz CT molecular complexity index is 475. The van der Waals surface area contributed by atoms with Crippen molar-refractivity contribution >= 4 is 11.4 Å². The molecule has 0 radical (unpaired) electrons. The van der Waals surface area contributed by atoms with Gasteiger partial charge in [0.05, 0.1) is 0 Å². The second kappa shape index (κ2) is 5.39. The zero-order chi connectivity index (χ0) is 12.1. The summed E-state index contributed by atoms with van der Waals surface area (Å²) in [5, 5.41) is 3.38. The molecule has 0 unspecified atom stereocenters. The maximum atomic E-state index is 5.74. The summed E-state index contributed by atoms with van der Waals surface area (Å²) in [6.45, 7) is 2.96. The van der Waals surface area contributed by atoms with Gasteiger partial charge in [0.2, 0.25) is 0 Å². The highest BCUT2D eigenvalue weighted by Crippen LogP contribution is 2.12. The lowest BCUT2D eigenvalue weighted by Gasteiger charge is -2.07. The average Bonchev–Trinajstić information content (AvgIpc) is 2.37. The fourth-order valence-electron chi connectivity index (χ4n) is 1.77. The predicted molar refractivity (Wildman–Crippen MR) is 74.0 cm³/mol. The van der Waals surface area contributed by atoms with Crippen LogP contribution in [0.1, 0.15) is 18.1 Å². The van der Waals surface area contributed by atoms with Crippen LogP contribution in [0.5, 0.6) is 0 Å². The highest BCUT2D eigenvalue weighted by atomic mass is 14.9. The lowest BCUT2D eigenvalue weighted by molar-refractivity contribution is 1.12. The Morgan fingerprint density at radius 3 is 2.41 bits per heavy atom. The van der Waals surface area contributed by atoms with Gasteiger partial charge in [-0.05, 0) is 41.8 Å². The van der Waals surface area contributed by atoms with Gasteiger partial charge in [0, 0.05) is 17.9 Å². The molecular formula is C15H18N2. The molecule has 17 heavy (non-hydrogen) atoms. The SMILES string of the molecule is CCc1ccc(NCc2cccc(N)c2)cc1. The third kappa shape index (κ3) is 3.25. The summed E-state index contributed by atoms with van der Waals surface area (Å²) in [6.07, 6.45) is 1.08. The Kier molecular flexibility index (Phi) is 3.66. The van der Waals surface area contributed by atoms with E-state index < -0.39 is 0 Å². The van der Waals surface area contributed by atoms with Crippen molar-refractivity contribution in [3.8, 4) is 0 Å². The molecule has 2 nitrogen and oxygen atoms in total. The number of hydrogen-bond donors (Lipinski definition) is 2. The topological polar surface area (TPSA) is 38.0 Å². The zero-order valence-electron chi connectivity index (χ0n) is 10.1. The highest BCUT2D eigenvalue weighted by Gasteiger charge is 1.95. The van der Waals surface area contributed by atoms with E-state index in [1.54, 1.807) is 0 Å². The highest BCUT2D eigenvalue weighted by molar-refractivity contribution is 5.47. The molecule has 0 saturated heterocycles. The number of benzene rings is 2. The molecule has 2 aromatic rings. The fraction of sp³-hybridized carbons (Fsp3) is 0.200. The van der Waals surface area contributed by atoms with Gasteiger partial charge in [0.1, 0.15) is 0 Å². The second-order valence-corrected chi connectivity index (χ2v) is 4.15. The monoisotopic (exact) mass is 226 g/mol. The van der Waals surface area contributed by atoms with Crippen LogP contribution in [0.2, 0.25) is 0 Å². The van der Waals surface area contributed by atoms with E-state index in [0.29, 0.717) is 0 Å². The number of hydrogen-bond acceptors (Lipinski definition) is 2. The van der Waals surface area contributed by atoms with Crippen LogP contribution in [0.3, 0.4) is 0 Å². The minimum absolute atomic E-state index is 0.802. The second-order valence-electron chi connectivity index (χ2n) is 4.15. The Balaban J connectivity index is 1.97. The maximum absolute atomic E-state index is 5.74. The minimum atomic E-state index is 0.802. The maximum Gasteiger partial charge on any atom is 0.0401 e. The van der Waals surface area contributed by atoms with Crippen LogP contribution >= 0.6 is 0 Å². The normalized spacial score (nSPS) is 10.2. The third-order valence-corrected chi connectivity index (χ3v) is 2.81. The van der Waals surface area contributed by atoms with Crippen LogP contribution in [0.4, 0.5) is 11.4 Å². The molecule has 0 aromatic heterocycles. The molecule has 0 aliphatic rings. The van der Waals surface area contributed by atoms with Gasteiger partial charge in [-0.1, -0.05) is 31.2 Å². The van der Waals surface area contributed by atoms with Crippen LogP contribution in [-0.4, -0.2) is 0 Å². The van der Waals surface area contributed by atoms with Crippen molar-refractivity contribution in [3.05, 3.63) is 59.7 Å². The van der Waals surface area contributed by atoms with Crippen LogP contribution in [0.25, 0.3) is 0 Å². The van der Waals surface area contributed by atoms with E-state index in [2.05, 4.69) is 42.6 Å². The van der Waals surface area contributed by atoms with E-state index in [1.165, 1.54) is 11.1 Å². The molecule has 3 N–H and O–H groups in total. The van der Waals surface area contributed by atoms with Crippen molar-refractivity contribution in [2.24, 2.45) is 0 Å². The molecule has 0 spiro atoms. The smallest absolute Gasteiger partial charge is 0.0401 e. The number of rotatable bonds is 4. The number of nitrogens with one attached hydrogen (secondary N) is 1. The van der Waals surface area contributed by atoms with Crippen molar-refractivity contribution in [2.75, 3.05) is 11.1 Å².